The molecular formula is C12H23NO. The molecule has 1 fully saturated rings. The molecule has 1 N–H and O–H groups in total. The molecule has 1 aliphatic rings. The zero-order valence-corrected chi connectivity index (χ0v) is 9.46. The lowest BCUT2D eigenvalue weighted by Crippen LogP contribution is -2.36. The van der Waals surface area contributed by atoms with E-state index in [0.29, 0.717) is 18.1 Å². The van der Waals surface area contributed by atoms with Gasteiger partial charge in [-0.2, -0.15) is 0 Å². The Hall–Kier alpha value is -0.340. The highest BCUT2D eigenvalue weighted by molar-refractivity contribution is 4.84. The molecule has 0 saturated carbocycles. The summed E-state index contributed by atoms with van der Waals surface area (Å²) in [6.45, 7) is 10.1. The van der Waals surface area contributed by atoms with Crippen LogP contribution in [0.3, 0.4) is 0 Å². The Balaban J connectivity index is 2.36. The Bertz CT molecular complexity index is 170. The number of rotatable bonds is 6. The van der Waals surface area contributed by atoms with Gasteiger partial charge in [-0.15, -0.1) is 6.58 Å². The minimum atomic E-state index is 0.449. The average molecular weight is 197 g/mol. The van der Waals surface area contributed by atoms with Crippen molar-refractivity contribution in [3.8, 4) is 0 Å². The molecule has 0 aromatic rings. The smallest absolute Gasteiger partial charge is 0.0551 e. The molecule has 0 aliphatic carbocycles. The van der Waals surface area contributed by atoms with E-state index in [1.54, 1.807) is 0 Å². The minimum Gasteiger partial charge on any atom is -0.378 e. The summed E-state index contributed by atoms with van der Waals surface area (Å²) >= 11 is 0. The first-order valence-corrected chi connectivity index (χ1v) is 5.73. The van der Waals surface area contributed by atoms with Crippen LogP contribution in [0.2, 0.25) is 0 Å². The summed E-state index contributed by atoms with van der Waals surface area (Å²) in [5, 5.41) is 3.55. The molecule has 1 saturated heterocycles. The van der Waals surface area contributed by atoms with Crippen LogP contribution >= 0.6 is 0 Å². The molecule has 2 heteroatoms. The largest absolute Gasteiger partial charge is 0.378 e. The first kappa shape index (κ1) is 11.7. The molecule has 0 spiro atoms. The third-order valence-electron chi connectivity index (χ3n) is 2.95. The van der Waals surface area contributed by atoms with E-state index in [1.165, 1.54) is 12.8 Å². The van der Waals surface area contributed by atoms with E-state index in [-0.39, 0.29) is 0 Å². The molecule has 1 aliphatic heterocycles. The summed E-state index contributed by atoms with van der Waals surface area (Å²) in [4.78, 5) is 0. The van der Waals surface area contributed by atoms with Gasteiger partial charge < -0.3 is 10.1 Å². The Kier molecular flexibility index (Phi) is 5.20. The zero-order valence-electron chi connectivity index (χ0n) is 9.46. The van der Waals surface area contributed by atoms with Gasteiger partial charge in [0.25, 0.3) is 0 Å². The molecular weight excluding hydrogens is 174 g/mol. The van der Waals surface area contributed by atoms with Gasteiger partial charge in [0.05, 0.1) is 12.7 Å². The van der Waals surface area contributed by atoms with Crippen molar-refractivity contribution in [3.05, 3.63) is 12.7 Å². The SMILES string of the molecule is C=CCCC(NCC)C1COC(C)C1. The second-order valence-corrected chi connectivity index (χ2v) is 4.17. The molecule has 1 heterocycles. The number of allylic oxidation sites excluding steroid dienone is 1. The van der Waals surface area contributed by atoms with Crippen LogP contribution in [0.5, 0.6) is 0 Å². The third-order valence-corrected chi connectivity index (χ3v) is 2.95. The molecule has 14 heavy (non-hydrogen) atoms. The maximum absolute atomic E-state index is 5.61. The topological polar surface area (TPSA) is 21.3 Å². The molecule has 82 valence electrons. The predicted molar refractivity (Wildman–Crippen MR) is 60.4 cm³/mol. The Labute approximate surface area is 87.7 Å². The van der Waals surface area contributed by atoms with Gasteiger partial charge in [-0.25, -0.2) is 0 Å². The van der Waals surface area contributed by atoms with E-state index >= 15 is 0 Å². The molecule has 0 bridgehead atoms. The van der Waals surface area contributed by atoms with Gasteiger partial charge in [-0.3, -0.25) is 0 Å². The first-order chi connectivity index (χ1) is 6.77. The average Bonchev–Trinajstić information content (AvgIpc) is 2.59. The normalized spacial score (nSPS) is 29.0. The highest BCUT2D eigenvalue weighted by Gasteiger charge is 2.28. The highest BCUT2D eigenvalue weighted by Crippen LogP contribution is 2.24. The highest BCUT2D eigenvalue weighted by atomic mass is 16.5. The van der Waals surface area contributed by atoms with Crippen LogP contribution in [0.1, 0.15) is 33.1 Å². The maximum atomic E-state index is 5.61. The van der Waals surface area contributed by atoms with E-state index in [2.05, 4.69) is 25.7 Å². The number of hydrogen-bond acceptors (Lipinski definition) is 2. The number of ether oxygens (including phenoxy) is 1. The van der Waals surface area contributed by atoms with Crippen molar-refractivity contribution in [2.75, 3.05) is 13.2 Å². The van der Waals surface area contributed by atoms with Gasteiger partial charge >= 0.3 is 0 Å². The van der Waals surface area contributed by atoms with Crippen molar-refractivity contribution in [1.82, 2.24) is 5.32 Å². The van der Waals surface area contributed by atoms with Crippen LogP contribution in [0.25, 0.3) is 0 Å². The summed E-state index contributed by atoms with van der Waals surface area (Å²) in [5.41, 5.74) is 0. The number of nitrogens with one attached hydrogen (secondary N) is 1. The van der Waals surface area contributed by atoms with Gasteiger partial charge in [0.1, 0.15) is 0 Å². The van der Waals surface area contributed by atoms with E-state index < -0.39 is 0 Å². The van der Waals surface area contributed by atoms with Crippen LogP contribution in [-0.4, -0.2) is 25.3 Å². The molecule has 3 unspecified atom stereocenters. The lowest BCUT2D eigenvalue weighted by molar-refractivity contribution is 0.116. The Morgan fingerprint density at radius 1 is 1.64 bits per heavy atom. The quantitative estimate of drug-likeness (QED) is 0.660. The third kappa shape index (κ3) is 3.43. The summed E-state index contributed by atoms with van der Waals surface area (Å²) in [6, 6.07) is 0.614. The maximum Gasteiger partial charge on any atom is 0.0551 e. The second kappa shape index (κ2) is 6.20. The van der Waals surface area contributed by atoms with Crippen LogP contribution in [-0.2, 0) is 4.74 Å². The van der Waals surface area contributed by atoms with Crippen molar-refractivity contribution in [2.24, 2.45) is 5.92 Å². The lowest BCUT2D eigenvalue weighted by Gasteiger charge is -2.22. The molecule has 1 rings (SSSR count). The van der Waals surface area contributed by atoms with Gasteiger partial charge in [-0.1, -0.05) is 13.0 Å². The molecule has 0 aromatic carbocycles. The van der Waals surface area contributed by atoms with Crippen molar-refractivity contribution in [2.45, 2.75) is 45.3 Å². The van der Waals surface area contributed by atoms with Crippen molar-refractivity contribution in [3.63, 3.8) is 0 Å². The fourth-order valence-corrected chi connectivity index (χ4v) is 2.19. The Morgan fingerprint density at radius 2 is 2.43 bits per heavy atom. The summed E-state index contributed by atoms with van der Waals surface area (Å²) in [5.74, 6) is 0.699. The van der Waals surface area contributed by atoms with Crippen LogP contribution in [0.15, 0.2) is 12.7 Å². The van der Waals surface area contributed by atoms with Gasteiger partial charge in [0, 0.05) is 12.0 Å². The minimum absolute atomic E-state index is 0.449. The van der Waals surface area contributed by atoms with Crippen LogP contribution in [0, 0.1) is 5.92 Å². The standard InChI is InChI=1S/C12H23NO/c1-4-6-7-12(13-5-2)11-8-10(3)14-9-11/h4,10-13H,1,5-9H2,2-3H3. The molecule has 0 aromatic heterocycles. The van der Waals surface area contributed by atoms with E-state index in [9.17, 15) is 0 Å². The van der Waals surface area contributed by atoms with Gasteiger partial charge in [0.15, 0.2) is 0 Å². The van der Waals surface area contributed by atoms with E-state index in [1.807, 2.05) is 6.08 Å². The predicted octanol–water partition coefficient (Wildman–Crippen LogP) is 2.36. The summed E-state index contributed by atoms with van der Waals surface area (Å²) in [7, 11) is 0. The lowest BCUT2D eigenvalue weighted by atomic mass is 9.93. The fraction of sp³-hybridized carbons (Fsp3) is 0.833. The van der Waals surface area contributed by atoms with Crippen LogP contribution in [0.4, 0.5) is 0 Å². The summed E-state index contributed by atoms with van der Waals surface area (Å²) < 4.78 is 5.61. The second-order valence-electron chi connectivity index (χ2n) is 4.17. The van der Waals surface area contributed by atoms with E-state index in [0.717, 1.165) is 19.6 Å². The van der Waals surface area contributed by atoms with Crippen molar-refractivity contribution < 1.29 is 4.74 Å². The molecule has 0 amide bonds. The van der Waals surface area contributed by atoms with Crippen molar-refractivity contribution in [1.29, 1.82) is 0 Å². The first-order valence-electron chi connectivity index (χ1n) is 5.73. The van der Waals surface area contributed by atoms with Gasteiger partial charge in [0.2, 0.25) is 0 Å². The van der Waals surface area contributed by atoms with Crippen LogP contribution < -0.4 is 5.32 Å². The Morgan fingerprint density at radius 3 is 2.93 bits per heavy atom. The van der Waals surface area contributed by atoms with Crippen molar-refractivity contribution >= 4 is 0 Å². The zero-order chi connectivity index (χ0) is 10.4. The molecule has 0 radical (unpaired) electrons. The van der Waals surface area contributed by atoms with E-state index in [4.69, 9.17) is 4.74 Å². The molecule has 2 nitrogen and oxygen atoms in total. The van der Waals surface area contributed by atoms with Gasteiger partial charge in [-0.05, 0) is 32.7 Å². The molecule has 3 atom stereocenters. The summed E-state index contributed by atoms with van der Waals surface area (Å²) in [6.07, 6.45) is 5.95. The monoisotopic (exact) mass is 197 g/mol. The fourth-order valence-electron chi connectivity index (χ4n) is 2.19. The number of hydrogen-bond donors (Lipinski definition) is 1.